The average Bonchev–Trinajstić information content (AvgIpc) is 3.11. The molecule has 1 heterocycles. The highest BCUT2D eigenvalue weighted by molar-refractivity contribution is 6.00. The van der Waals surface area contributed by atoms with Crippen LogP contribution in [-0.2, 0) is 23.9 Å². The van der Waals surface area contributed by atoms with Crippen LogP contribution in [0.5, 0.6) is 0 Å². The molecule has 1 saturated heterocycles. The summed E-state index contributed by atoms with van der Waals surface area (Å²) in [6.45, 7) is 3.75. The summed E-state index contributed by atoms with van der Waals surface area (Å²) in [5, 5.41) is 4.71. The van der Waals surface area contributed by atoms with E-state index >= 15 is 0 Å². The maximum atomic E-state index is 12.5. The summed E-state index contributed by atoms with van der Waals surface area (Å²) < 4.78 is 5.02. The van der Waals surface area contributed by atoms with E-state index in [9.17, 15) is 19.2 Å². The molecule has 0 saturated carbocycles. The Balaban J connectivity index is 1.95. The molecule has 3 amide bonds. The molecular formula is C20H27N3O5. The third-order valence-electron chi connectivity index (χ3n) is 4.90. The standard InChI is InChI=1S/C20H27N3O5/c1-4-13(2)15-7-5-6-8-16(15)23-11-14(9-19(23)26)20(27)28-12-18(25)22-10-17(24)21-3/h5-8,13-14H,4,9-12H2,1-3H3,(H,21,24)(H,22,25)/t13-,14-/m1/s1. The largest absolute Gasteiger partial charge is 0.455 e. The highest BCUT2D eigenvalue weighted by Gasteiger charge is 2.37. The Morgan fingerprint density at radius 2 is 1.96 bits per heavy atom. The molecule has 2 N–H and O–H groups in total. The lowest BCUT2D eigenvalue weighted by atomic mass is 9.96. The van der Waals surface area contributed by atoms with Gasteiger partial charge in [0.1, 0.15) is 0 Å². The van der Waals surface area contributed by atoms with E-state index in [1.807, 2.05) is 24.3 Å². The molecule has 1 fully saturated rings. The van der Waals surface area contributed by atoms with Crippen molar-refractivity contribution in [1.82, 2.24) is 10.6 Å². The summed E-state index contributed by atoms with van der Waals surface area (Å²) in [6.07, 6.45) is 0.989. The number of nitrogens with one attached hydrogen (secondary N) is 2. The van der Waals surface area contributed by atoms with Crippen LogP contribution in [0, 0.1) is 5.92 Å². The van der Waals surface area contributed by atoms with Gasteiger partial charge in [0.15, 0.2) is 6.61 Å². The molecule has 0 spiro atoms. The zero-order valence-corrected chi connectivity index (χ0v) is 16.5. The number of nitrogens with zero attached hydrogens (tertiary/aromatic N) is 1. The molecule has 0 unspecified atom stereocenters. The van der Waals surface area contributed by atoms with E-state index < -0.39 is 24.4 Å². The number of amides is 3. The Morgan fingerprint density at radius 3 is 2.64 bits per heavy atom. The van der Waals surface area contributed by atoms with Crippen LogP contribution < -0.4 is 15.5 Å². The molecule has 28 heavy (non-hydrogen) atoms. The first-order valence-electron chi connectivity index (χ1n) is 9.40. The first kappa shape index (κ1) is 21.4. The van der Waals surface area contributed by atoms with Gasteiger partial charge < -0.3 is 20.3 Å². The topological polar surface area (TPSA) is 105 Å². The number of para-hydroxylation sites is 1. The summed E-state index contributed by atoms with van der Waals surface area (Å²) in [6, 6.07) is 7.70. The Morgan fingerprint density at radius 1 is 1.25 bits per heavy atom. The molecule has 2 atom stereocenters. The van der Waals surface area contributed by atoms with Crippen LogP contribution in [-0.4, -0.2) is 50.4 Å². The molecule has 2 rings (SSSR count). The molecular weight excluding hydrogens is 362 g/mol. The number of benzene rings is 1. The molecule has 8 heteroatoms. The van der Waals surface area contributed by atoms with Gasteiger partial charge in [0.25, 0.3) is 5.91 Å². The van der Waals surface area contributed by atoms with Crippen molar-refractivity contribution in [3.8, 4) is 0 Å². The number of ether oxygens (including phenoxy) is 1. The molecule has 0 radical (unpaired) electrons. The van der Waals surface area contributed by atoms with Crippen LogP contribution in [0.1, 0.15) is 38.2 Å². The minimum absolute atomic E-state index is 0.0491. The van der Waals surface area contributed by atoms with E-state index in [0.29, 0.717) is 5.92 Å². The molecule has 0 aliphatic carbocycles. The van der Waals surface area contributed by atoms with Gasteiger partial charge in [-0.2, -0.15) is 0 Å². The van der Waals surface area contributed by atoms with Crippen LogP contribution >= 0.6 is 0 Å². The number of esters is 1. The van der Waals surface area contributed by atoms with Crippen molar-refractivity contribution in [2.75, 3.05) is 31.6 Å². The highest BCUT2D eigenvalue weighted by atomic mass is 16.5. The number of anilines is 1. The van der Waals surface area contributed by atoms with Gasteiger partial charge in [0.2, 0.25) is 11.8 Å². The lowest BCUT2D eigenvalue weighted by molar-refractivity contribution is -0.152. The fourth-order valence-electron chi connectivity index (χ4n) is 3.04. The van der Waals surface area contributed by atoms with Crippen LogP contribution in [0.3, 0.4) is 0 Å². The molecule has 152 valence electrons. The fraction of sp³-hybridized carbons (Fsp3) is 0.500. The van der Waals surface area contributed by atoms with Gasteiger partial charge >= 0.3 is 5.97 Å². The fourth-order valence-corrected chi connectivity index (χ4v) is 3.04. The monoisotopic (exact) mass is 389 g/mol. The molecule has 1 aromatic rings. The minimum atomic E-state index is -0.621. The number of likely N-dealkylation sites (N-methyl/N-ethyl adjacent to an activating group) is 1. The van der Waals surface area contributed by atoms with Gasteiger partial charge in [-0.1, -0.05) is 32.0 Å². The van der Waals surface area contributed by atoms with Gasteiger partial charge in [-0.15, -0.1) is 0 Å². The number of carbonyl (C=O) groups is 4. The normalized spacial score (nSPS) is 17.2. The third-order valence-corrected chi connectivity index (χ3v) is 4.90. The molecule has 1 aliphatic rings. The van der Waals surface area contributed by atoms with Gasteiger partial charge in [-0.25, -0.2) is 0 Å². The zero-order chi connectivity index (χ0) is 20.7. The number of carbonyl (C=O) groups excluding carboxylic acids is 4. The maximum Gasteiger partial charge on any atom is 0.311 e. The lowest BCUT2D eigenvalue weighted by Gasteiger charge is -2.23. The second-order valence-electron chi connectivity index (χ2n) is 6.83. The van der Waals surface area contributed by atoms with Crippen molar-refractivity contribution in [1.29, 1.82) is 0 Å². The Labute approximate surface area is 164 Å². The van der Waals surface area contributed by atoms with Crippen molar-refractivity contribution < 1.29 is 23.9 Å². The molecule has 1 aliphatic heterocycles. The summed E-state index contributed by atoms with van der Waals surface area (Å²) in [5.41, 5.74) is 1.89. The smallest absolute Gasteiger partial charge is 0.311 e. The summed E-state index contributed by atoms with van der Waals surface area (Å²) in [5.74, 6) is -1.98. The van der Waals surface area contributed by atoms with Gasteiger partial charge in [0, 0.05) is 25.7 Å². The lowest BCUT2D eigenvalue weighted by Crippen LogP contribution is -2.37. The predicted molar refractivity (Wildman–Crippen MR) is 104 cm³/mol. The van der Waals surface area contributed by atoms with Crippen LogP contribution in [0.2, 0.25) is 0 Å². The van der Waals surface area contributed by atoms with Crippen molar-refractivity contribution in [2.45, 2.75) is 32.6 Å². The Kier molecular flexibility index (Phi) is 7.54. The number of hydrogen-bond acceptors (Lipinski definition) is 5. The SMILES string of the molecule is CC[C@@H](C)c1ccccc1N1C[C@H](C(=O)OCC(=O)NCC(=O)NC)CC1=O. The molecule has 1 aromatic carbocycles. The van der Waals surface area contributed by atoms with Crippen LogP contribution in [0.15, 0.2) is 24.3 Å². The van der Waals surface area contributed by atoms with E-state index in [-0.39, 0.29) is 31.3 Å². The van der Waals surface area contributed by atoms with Crippen molar-refractivity contribution in [3.63, 3.8) is 0 Å². The number of hydrogen-bond donors (Lipinski definition) is 2. The number of rotatable bonds is 8. The predicted octanol–water partition coefficient (Wildman–Crippen LogP) is 0.958. The summed E-state index contributed by atoms with van der Waals surface area (Å²) in [4.78, 5) is 49.1. The third kappa shape index (κ3) is 5.31. The summed E-state index contributed by atoms with van der Waals surface area (Å²) >= 11 is 0. The molecule has 8 nitrogen and oxygen atoms in total. The first-order chi connectivity index (χ1) is 13.4. The van der Waals surface area contributed by atoms with Gasteiger partial charge in [-0.3, -0.25) is 19.2 Å². The van der Waals surface area contributed by atoms with Crippen LogP contribution in [0.4, 0.5) is 5.69 Å². The second kappa shape index (κ2) is 9.87. The molecule has 0 aromatic heterocycles. The zero-order valence-electron chi connectivity index (χ0n) is 16.5. The van der Waals surface area contributed by atoms with Gasteiger partial charge in [0.05, 0.1) is 12.5 Å². The first-order valence-corrected chi connectivity index (χ1v) is 9.40. The maximum absolute atomic E-state index is 12.5. The van der Waals surface area contributed by atoms with E-state index in [1.54, 1.807) is 4.90 Å². The van der Waals surface area contributed by atoms with Gasteiger partial charge in [-0.05, 0) is 24.0 Å². The van der Waals surface area contributed by atoms with Crippen molar-refractivity contribution in [2.24, 2.45) is 5.92 Å². The van der Waals surface area contributed by atoms with Crippen molar-refractivity contribution in [3.05, 3.63) is 29.8 Å². The highest BCUT2D eigenvalue weighted by Crippen LogP contribution is 2.33. The van der Waals surface area contributed by atoms with Crippen LogP contribution in [0.25, 0.3) is 0 Å². The Bertz CT molecular complexity index is 749. The Hall–Kier alpha value is -2.90. The second-order valence-corrected chi connectivity index (χ2v) is 6.83. The summed E-state index contributed by atoms with van der Waals surface area (Å²) in [7, 11) is 1.46. The van der Waals surface area contributed by atoms with E-state index in [2.05, 4.69) is 24.5 Å². The van der Waals surface area contributed by atoms with E-state index in [4.69, 9.17) is 4.74 Å². The average molecular weight is 389 g/mol. The minimum Gasteiger partial charge on any atom is -0.455 e. The quantitative estimate of drug-likeness (QED) is 0.645. The van der Waals surface area contributed by atoms with E-state index in [1.165, 1.54) is 7.05 Å². The van der Waals surface area contributed by atoms with E-state index in [0.717, 1.165) is 17.7 Å². The molecule has 0 bridgehead atoms. The van der Waals surface area contributed by atoms with Crippen molar-refractivity contribution >= 4 is 29.4 Å².